The normalized spacial score (nSPS) is 28.8. The Morgan fingerprint density at radius 2 is 2.06 bits per heavy atom. The number of amidine groups is 1. The molecular formula is C21H29BrF2N2O5SSi. The minimum Gasteiger partial charge on any atom is -0.465 e. The van der Waals surface area contributed by atoms with E-state index in [-0.39, 0.29) is 24.1 Å². The molecule has 12 heteroatoms. The summed E-state index contributed by atoms with van der Waals surface area (Å²) >= 11 is 4.25. The number of carboxylic acid groups (broad SMARTS) is 1. The molecule has 7 nitrogen and oxygen atoms in total. The summed E-state index contributed by atoms with van der Waals surface area (Å²) in [5, 5.41) is 30.0. The quantitative estimate of drug-likeness (QED) is 0.236. The van der Waals surface area contributed by atoms with Crippen molar-refractivity contribution < 1.29 is 33.6 Å². The molecule has 1 aliphatic carbocycles. The van der Waals surface area contributed by atoms with Crippen molar-refractivity contribution in [1.82, 2.24) is 4.90 Å². The number of hydrogen-bond acceptors (Lipinski definition) is 6. The lowest BCUT2D eigenvalue weighted by molar-refractivity contribution is 0.0698. The van der Waals surface area contributed by atoms with Gasteiger partial charge in [-0.2, -0.15) is 0 Å². The molecule has 3 rings (SSSR count). The SMILES string of the molecule is C[Si](C)(C)CCOCN(C(=O)O)C1=N[C@](CF)(c2cc(Br)ccc2F)[C@@H]2C(CO)[C@@]2(CO)S1. The number of ether oxygens (including phenoxy) is 1. The Morgan fingerprint density at radius 3 is 2.61 bits per heavy atom. The first-order chi connectivity index (χ1) is 15.5. The summed E-state index contributed by atoms with van der Waals surface area (Å²) in [6.45, 7) is 4.58. The van der Waals surface area contributed by atoms with E-state index in [0.717, 1.165) is 22.7 Å². The summed E-state index contributed by atoms with van der Waals surface area (Å²) in [5.74, 6) is -2.01. The number of aliphatic hydroxyl groups is 2. The van der Waals surface area contributed by atoms with Gasteiger partial charge in [-0.15, -0.1) is 0 Å². The number of halogens is 3. The van der Waals surface area contributed by atoms with Crippen LogP contribution in [0.4, 0.5) is 13.6 Å². The Bertz CT molecular complexity index is 936. The van der Waals surface area contributed by atoms with E-state index in [2.05, 4.69) is 40.6 Å². The fourth-order valence-electron chi connectivity index (χ4n) is 4.39. The van der Waals surface area contributed by atoms with Crippen LogP contribution in [0.25, 0.3) is 0 Å². The van der Waals surface area contributed by atoms with E-state index in [4.69, 9.17) is 4.74 Å². The van der Waals surface area contributed by atoms with E-state index >= 15 is 0 Å². The summed E-state index contributed by atoms with van der Waals surface area (Å²) in [5.41, 5.74) is -1.85. The van der Waals surface area contributed by atoms with Crippen molar-refractivity contribution >= 4 is 47.0 Å². The Balaban J connectivity index is 2.04. The van der Waals surface area contributed by atoms with Crippen LogP contribution in [0.15, 0.2) is 27.7 Å². The highest BCUT2D eigenvalue weighted by molar-refractivity contribution is 9.10. The second-order valence-corrected chi connectivity index (χ2v) is 17.5. The Morgan fingerprint density at radius 1 is 1.36 bits per heavy atom. The van der Waals surface area contributed by atoms with Crippen LogP contribution in [0, 0.1) is 17.7 Å². The van der Waals surface area contributed by atoms with Crippen molar-refractivity contribution in [3.05, 3.63) is 34.1 Å². The molecule has 1 aliphatic heterocycles. The lowest BCUT2D eigenvalue weighted by Crippen LogP contribution is -2.46. The van der Waals surface area contributed by atoms with E-state index in [1.165, 1.54) is 18.2 Å². The lowest BCUT2D eigenvalue weighted by Gasteiger charge is -2.37. The molecule has 0 bridgehead atoms. The van der Waals surface area contributed by atoms with Crippen LogP contribution in [-0.2, 0) is 10.3 Å². The summed E-state index contributed by atoms with van der Waals surface area (Å²) < 4.78 is 34.8. The predicted molar refractivity (Wildman–Crippen MR) is 129 cm³/mol. The van der Waals surface area contributed by atoms with Crippen LogP contribution >= 0.6 is 27.7 Å². The number of carbonyl (C=O) groups is 1. The third-order valence-electron chi connectivity index (χ3n) is 6.26. The zero-order valence-corrected chi connectivity index (χ0v) is 22.1. The second kappa shape index (κ2) is 9.90. The van der Waals surface area contributed by atoms with Crippen LogP contribution in [0.1, 0.15) is 5.56 Å². The molecule has 3 N–H and O–H groups in total. The van der Waals surface area contributed by atoms with Gasteiger partial charge in [-0.25, -0.2) is 23.5 Å². The van der Waals surface area contributed by atoms with Gasteiger partial charge in [0.2, 0.25) is 0 Å². The fourth-order valence-corrected chi connectivity index (χ4v) is 7.15. The molecule has 1 heterocycles. The average Bonchev–Trinajstić information content (AvgIpc) is 3.42. The molecule has 1 saturated carbocycles. The number of amides is 1. The molecule has 0 aromatic heterocycles. The number of nitrogens with zero attached hydrogens (tertiary/aromatic N) is 2. The van der Waals surface area contributed by atoms with Gasteiger partial charge in [0.25, 0.3) is 0 Å². The van der Waals surface area contributed by atoms with Crippen molar-refractivity contribution in [2.24, 2.45) is 16.8 Å². The Hall–Kier alpha value is -1.05. The van der Waals surface area contributed by atoms with Gasteiger partial charge < -0.3 is 20.1 Å². The summed E-state index contributed by atoms with van der Waals surface area (Å²) in [7, 11) is -1.40. The van der Waals surface area contributed by atoms with Gasteiger partial charge in [0.05, 0.1) is 11.4 Å². The number of benzene rings is 1. The predicted octanol–water partition coefficient (Wildman–Crippen LogP) is 4.12. The number of rotatable bonds is 9. The first kappa shape index (κ1) is 26.5. The molecule has 0 saturated heterocycles. The molecule has 1 amide bonds. The summed E-state index contributed by atoms with van der Waals surface area (Å²) in [4.78, 5) is 17.4. The third-order valence-corrected chi connectivity index (χ3v) is 10.0. The van der Waals surface area contributed by atoms with E-state index in [1.54, 1.807) is 0 Å². The maximum absolute atomic E-state index is 14.9. The number of aliphatic imine (C=N–C) groups is 1. The van der Waals surface area contributed by atoms with Crippen molar-refractivity contribution in [3.8, 4) is 0 Å². The molecule has 1 aromatic rings. The highest BCUT2D eigenvalue weighted by Crippen LogP contribution is 2.70. The highest BCUT2D eigenvalue weighted by atomic mass is 79.9. The maximum Gasteiger partial charge on any atom is 0.415 e. The van der Waals surface area contributed by atoms with E-state index in [9.17, 15) is 28.9 Å². The average molecular weight is 568 g/mol. The van der Waals surface area contributed by atoms with Gasteiger partial charge in [0.15, 0.2) is 5.17 Å². The summed E-state index contributed by atoms with van der Waals surface area (Å²) in [6.07, 6.45) is -1.36. The highest BCUT2D eigenvalue weighted by Gasteiger charge is 2.75. The van der Waals surface area contributed by atoms with Crippen LogP contribution in [0.5, 0.6) is 0 Å². The molecular weight excluding hydrogens is 538 g/mol. The molecule has 0 radical (unpaired) electrons. The van der Waals surface area contributed by atoms with Crippen molar-refractivity contribution in [3.63, 3.8) is 0 Å². The van der Waals surface area contributed by atoms with Crippen molar-refractivity contribution in [1.29, 1.82) is 0 Å². The van der Waals surface area contributed by atoms with Crippen LogP contribution in [0.3, 0.4) is 0 Å². The zero-order chi connectivity index (χ0) is 24.6. The van der Waals surface area contributed by atoms with Crippen LogP contribution in [0.2, 0.25) is 25.7 Å². The minimum absolute atomic E-state index is 0.0547. The molecule has 33 heavy (non-hydrogen) atoms. The lowest BCUT2D eigenvalue weighted by atomic mass is 9.84. The Kier molecular flexibility index (Phi) is 7.97. The van der Waals surface area contributed by atoms with Crippen LogP contribution in [-0.4, -0.2) is 77.5 Å². The molecule has 4 atom stereocenters. The molecule has 1 unspecified atom stereocenters. The fraction of sp³-hybridized carbons (Fsp3) is 0.619. The third kappa shape index (κ3) is 5.01. The number of alkyl halides is 1. The van der Waals surface area contributed by atoms with Crippen LogP contribution < -0.4 is 0 Å². The topological polar surface area (TPSA) is 103 Å². The van der Waals surface area contributed by atoms with Gasteiger partial charge in [0, 0.05) is 43.2 Å². The minimum atomic E-state index is -1.80. The van der Waals surface area contributed by atoms with E-state index in [0.29, 0.717) is 11.1 Å². The second-order valence-electron chi connectivity index (χ2n) is 9.62. The number of thioether (sulfide) groups is 1. The van der Waals surface area contributed by atoms with Gasteiger partial charge in [-0.3, -0.25) is 0 Å². The first-order valence-corrected chi connectivity index (χ1v) is 15.9. The van der Waals surface area contributed by atoms with Crippen molar-refractivity contribution in [2.45, 2.75) is 36.0 Å². The number of aliphatic hydroxyl groups excluding tert-OH is 2. The van der Waals surface area contributed by atoms with Gasteiger partial charge in [-0.1, -0.05) is 47.3 Å². The van der Waals surface area contributed by atoms with E-state index < -0.39 is 55.4 Å². The summed E-state index contributed by atoms with van der Waals surface area (Å²) in [6, 6.07) is 4.89. The Labute approximate surface area is 205 Å². The van der Waals surface area contributed by atoms with Gasteiger partial charge in [0.1, 0.15) is 24.8 Å². The molecule has 1 fully saturated rings. The number of fused-ring (bicyclic) bond motifs is 1. The van der Waals surface area contributed by atoms with Gasteiger partial charge >= 0.3 is 6.09 Å². The largest absolute Gasteiger partial charge is 0.465 e. The standard InChI is InChI=1S/C21H29BrF2N2O5SSi/c1-33(2,3)7-6-31-12-26(19(29)30)18-25-20(10-23,14-8-13(22)4-5-16(14)24)17-15(9-27)21(17,11-28)32-18/h4-5,8,15,17,27-28H,6-7,9-12H2,1-3H3,(H,29,30)/t15?,17-,20+,21+/m0/s1. The zero-order valence-electron chi connectivity index (χ0n) is 18.7. The van der Waals surface area contributed by atoms with Gasteiger partial charge in [-0.05, 0) is 24.2 Å². The monoisotopic (exact) mass is 566 g/mol. The molecule has 1 aromatic carbocycles. The molecule has 184 valence electrons. The smallest absolute Gasteiger partial charge is 0.415 e. The van der Waals surface area contributed by atoms with E-state index in [1.807, 2.05) is 0 Å². The molecule has 0 spiro atoms. The first-order valence-electron chi connectivity index (χ1n) is 10.6. The van der Waals surface area contributed by atoms with Crippen molar-refractivity contribution in [2.75, 3.05) is 33.2 Å². The maximum atomic E-state index is 14.9. The molecule has 2 aliphatic rings. The number of hydrogen-bond donors (Lipinski definition) is 3.